The Hall–Kier alpha value is -3.51. The van der Waals surface area contributed by atoms with E-state index in [1.807, 2.05) is 6.07 Å². The molecule has 9 heteroatoms. The molecule has 0 unspecified atom stereocenters. The minimum atomic E-state index is -0.355. The standard InChI is InChI=1S/C28H35N7O2/c1-33(2)28(23-9-4-3-5-10-23)13-11-27(12-14-28)19-34(26(37)35(27)17-21-7-6-8-21)18-24(36)32-25-22(15-29)16-30-20-31-25/h3-5,9-10,16,20-21H,6-8,11-14,17-19H2,1-2H3,(H,30,31,32,36)/t27-,28-. The molecule has 9 nitrogen and oxygen atoms in total. The summed E-state index contributed by atoms with van der Waals surface area (Å²) in [6, 6.07) is 12.6. The van der Waals surface area contributed by atoms with Crippen molar-refractivity contribution in [2.45, 2.75) is 56.0 Å². The number of hydrogen-bond acceptors (Lipinski definition) is 6. The Bertz CT molecular complexity index is 1180. The van der Waals surface area contributed by atoms with Crippen LogP contribution in [-0.2, 0) is 10.3 Å². The maximum Gasteiger partial charge on any atom is 0.321 e. The van der Waals surface area contributed by atoms with E-state index in [-0.39, 0.29) is 40.9 Å². The third-order valence-electron chi connectivity index (χ3n) is 8.82. The first kappa shape index (κ1) is 25.2. The highest BCUT2D eigenvalue weighted by Crippen LogP contribution is 2.49. The number of carbonyl (C=O) groups is 2. The Morgan fingerprint density at radius 2 is 1.92 bits per heavy atom. The van der Waals surface area contributed by atoms with E-state index in [4.69, 9.17) is 0 Å². The van der Waals surface area contributed by atoms with Crippen LogP contribution >= 0.6 is 0 Å². The van der Waals surface area contributed by atoms with Crippen molar-refractivity contribution in [2.75, 3.05) is 39.0 Å². The maximum atomic E-state index is 13.7. The second kappa shape index (κ2) is 10.1. The summed E-state index contributed by atoms with van der Waals surface area (Å²) < 4.78 is 0. The highest BCUT2D eigenvalue weighted by molar-refractivity contribution is 5.95. The third-order valence-corrected chi connectivity index (χ3v) is 8.82. The Morgan fingerprint density at radius 3 is 2.54 bits per heavy atom. The van der Waals surface area contributed by atoms with E-state index in [2.05, 4.69) is 69.5 Å². The largest absolute Gasteiger partial charge is 0.321 e. The Balaban J connectivity index is 1.35. The van der Waals surface area contributed by atoms with Crippen molar-refractivity contribution in [3.63, 3.8) is 0 Å². The lowest BCUT2D eigenvalue weighted by Gasteiger charge is -2.51. The number of nitrogens with zero attached hydrogens (tertiary/aromatic N) is 6. The van der Waals surface area contributed by atoms with Gasteiger partial charge in [-0.1, -0.05) is 36.8 Å². The molecular weight excluding hydrogens is 466 g/mol. The zero-order chi connectivity index (χ0) is 26.0. The lowest BCUT2D eigenvalue weighted by molar-refractivity contribution is -0.116. The fourth-order valence-corrected chi connectivity index (χ4v) is 6.37. The summed E-state index contributed by atoms with van der Waals surface area (Å²) in [5, 5.41) is 12.0. The van der Waals surface area contributed by atoms with Crippen LogP contribution in [0.1, 0.15) is 56.1 Å². The normalized spacial score (nSPS) is 25.8. The van der Waals surface area contributed by atoms with E-state index in [1.54, 1.807) is 4.90 Å². The van der Waals surface area contributed by atoms with E-state index in [0.29, 0.717) is 12.5 Å². The predicted molar refractivity (Wildman–Crippen MR) is 139 cm³/mol. The van der Waals surface area contributed by atoms with Gasteiger partial charge in [-0.15, -0.1) is 0 Å². The summed E-state index contributed by atoms with van der Waals surface area (Å²) >= 11 is 0. The zero-order valence-corrected chi connectivity index (χ0v) is 21.7. The van der Waals surface area contributed by atoms with Gasteiger partial charge in [-0.25, -0.2) is 14.8 Å². The van der Waals surface area contributed by atoms with Gasteiger partial charge in [0.2, 0.25) is 5.91 Å². The first-order valence-electron chi connectivity index (χ1n) is 13.2. The number of aromatic nitrogens is 2. The summed E-state index contributed by atoms with van der Waals surface area (Å²) in [6.45, 7) is 1.25. The number of nitrogens with one attached hydrogen (secondary N) is 1. The predicted octanol–water partition coefficient (Wildman–Crippen LogP) is 3.59. The van der Waals surface area contributed by atoms with Crippen LogP contribution in [0, 0.1) is 17.2 Å². The number of carbonyl (C=O) groups excluding carboxylic acids is 2. The van der Waals surface area contributed by atoms with Gasteiger partial charge >= 0.3 is 6.03 Å². The average molecular weight is 502 g/mol. The van der Waals surface area contributed by atoms with Crippen LogP contribution in [-0.4, -0.2) is 75.9 Å². The Labute approximate surface area is 218 Å². The molecule has 0 radical (unpaired) electrons. The fraction of sp³-hybridized carbons (Fsp3) is 0.536. The minimum Gasteiger partial charge on any atom is -0.317 e. The molecule has 2 heterocycles. The van der Waals surface area contributed by atoms with Gasteiger partial charge in [-0.05, 0) is 64.1 Å². The summed E-state index contributed by atoms with van der Waals surface area (Å²) in [7, 11) is 4.30. The third kappa shape index (κ3) is 4.66. The molecule has 1 saturated heterocycles. The molecule has 194 valence electrons. The number of hydrogen-bond donors (Lipinski definition) is 1. The lowest BCUT2D eigenvalue weighted by atomic mass is 9.68. The number of urea groups is 1. The van der Waals surface area contributed by atoms with Gasteiger partial charge < -0.3 is 15.1 Å². The quantitative estimate of drug-likeness (QED) is 0.622. The Kier molecular flexibility index (Phi) is 6.86. The van der Waals surface area contributed by atoms with Crippen LogP contribution in [0.15, 0.2) is 42.9 Å². The van der Waals surface area contributed by atoms with Crippen molar-refractivity contribution in [1.82, 2.24) is 24.7 Å². The molecule has 1 aromatic carbocycles. The zero-order valence-electron chi connectivity index (χ0n) is 21.7. The van der Waals surface area contributed by atoms with Gasteiger partial charge in [0.1, 0.15) is 24.5 Å². The van der Waals surface area contributed by atoms with Gasteiger partial charge in [-0.2, -0.15) is 5.26 Å². The molecule has 2 aliphatic carbocycles. The summed E-state index contributed by atoms with van der Waals surface area (Å²) in [5.41, 5.74) is 1.18. The highest BCUT2D eigenvalue weighted by atomic mass is 16.2. The van der Waals surface area contributed by atoms with Gasteiger partial charge in [0, 0.05) is 18.6 Å². The number of anilines is 1. The van der Waals surface area contributed by atoms with E-state index in [0.717, 1.165) is 45.1 Å². The van der Waals surface area contributed by atoms with Crippen molar-refractivity contribution < 1.29 is 9.59 Å². The number of amides is 3. The highest BCUT2D eigenvalue weighted by Gasteiger charge is 2.55. The van der Waals surface area contributed by atoms with Crippen LogP contribution < -0.4 is 5.32 Å². The van der Waals surface area contributed by atoms with Crippen molar-refractivity contribution in [2.24, 2.45) is 5.92 Å². The second-order valence-electron chi connectivity index (χ2n) is 11.0. The molecule has 1 aliphatic heterocycles. The molecular formula is C28H35N7O2. The molecule has 0 bridgehead atoms. The van der Waals surface area contributed by atoms with Crippen LogP contribution in [0.2, 0.25) is 0 Å². The van der Waals surface area contributed by atoms with Crippen LogP contribution in [0.3, 0.4) is 0 Å². The maximum absolute atomic E-state index is 13.7. The number of nitriles is 1. The first-order valence-corrected chi connectivity index (χ1v) is 13.2. The molecule has 2 aromatic rings. The van der Waals surface area contributed by atoms with E-state index < -0.39 is 0 Å². The molecule has 37 heavy (non-hydrogen) atoms. The number of rotatable bonds is 7. The fourth-order valence-electron chi connectivity index (χ4n) is 6.37. The van der Waals surface area contributed by atoms with Crippen LogP contribution in [0.25, 0.3) is 0 Å². The molecule has 0 atom stereocenters. The van der Waals surface area contributed by atoms with Crippen LogP contribution in [0.5, 0.6) is 0 Å². The minimum absolute atomic E-state index is 0.0534. The first-order chi connectivity index (χ1) is 17.9. The molecule has 5 rings (SSSR count). The summed E-state index contributed by atoms with van der Waals surface area (Å²) in [6.07, 6.45) is 9.89. The molecule has 3 fully saturated rings. The van der Waals surface area contributed by atoms with Crippen molar-refractivity contribution in [1.29, 1.82) is 5.26 Å². The van der Waals surface area contributed by atoms with Crippen LogP contribution in [0.4, 0.5) is 10.6 Å². The van der Waals surface area contributed by atoms with Crippen molar-refractivity contribution in [3.8, 4) is 6.07 Å². The molecule has 3 amide bonds. The van der Waals surface area contributed by atoms with Gasteiger partial charge in [-0.3, -0.25) is 9.69 Å². The lowest BCUT2D eigenvalue weighted by Crippen LogP contribution is -2.56. The van der Waals surface area contributed by atoms with E-state index >= 15 is 0 Å². The topological polar surface area (TPSA) is 105 Å². The van der Waals surface area contributed by atoms with Gasteiger partial charge in [0.15, 0.2) is 5.82 Å². The molecule has 1 spiro atoms. The summed E-state index contributed by atoms with van der Waals surface area (Å²) in [5.74, 6) is 0.363. The summed E-state index contributed by atoms with van der Waals surface area (Å²) in [4.78, 5) is 40.6. The smallest absolute Gasteiger partial charge is 0.317 e. The molecule has 1 N–H and O–H groups in total. The van der Waals surface area contributed by atoms with Gasteiger partial charge in [0.25, 0.3) is 0 Å². The van der Waals surface area contributed by atoms with E-state index in [9.17, 15) is 14.9 Å². The number of benzene rings is 1. The average Bonchev–Trinajstić information content (AvgIpc) is 3.12. The molecule has 1 aromatic heterocycles. The van der Waals surface area contributed by atoms with Gasteiger partial charge in [0.05, 0.1) is 11.7 Å². The van der Waals surface area contributed by atoms with Crippen molar-refractivity contribution >= 4 is 17.8 Å². The van der Waals surface area contributed by atoms with Crippen molar-refractivity contribution in [3.05, 3.63) is 54.0 Å². The second-order valence-corrected chi connectivity index (χ2v) is 11.0. The van der Waals surface area contributed by atoms with E-state index in [1.165, 1.54) is 24.5 Å². The monoisotopic (exact) mass is 501 g/mol. The molecule has 3 aliphatic rings. The Morgan fingerprint density at radius 1 is 1.19 bits per heavy atom. The SMILES string of the molecule is CN(C)[C@]1(c2ccccc2)CC[C@@]2(CC1)CN(CC(=O)Nc1ncncc1C#N)C(=O)N2CC1CCC1. The molecule has 2 saturated carbocycles.